The van der Waals surface area contributed by atoms with Gasteiger partial charge in [-0.3, -0.25) is 4.79 Å². The molecule has 0 saturated carbocycles. The van der Waals surface area contributed by atoms with Crippen molar-refractivity contribution >= 4 is 17.4 Å². The molecule has 0 bridgehead atoms. The zero-order chi connectivity index (χ0) is 13.0. The van der Waals surface area contributed by atoms with Gasteiger partial charge in [-0.05, 0) is 44.4 Å². The predicted octanol–water partition coefficient (Wildman–Crippen LogP) is 3.75. The molecule has 2 nitrogen and oxygen atoms in total. The van der Waals surface area contributed by atoms with E-state index in [4.69, 9.17) is 11.6 Å². The van der Waals surface area contributed by atoms with E-state index >= 15 is 0 Å². The lowest BCUT2D eigenvalue weighted by atomic mass is 9.97. The standard InChI is InChI=1S/C15H20ClNO/c1-11-5-6-12(10-14(11)16)15(18)8-7-13-4-2-3-9-17-13/h5-6,10,13,17H,2-4,7-9H2,1H3. The van der Waals surface area contributed by atoms with Crippen LogP contribution in [0.5, 0.6) is 0 Å². The maximum atomic E-state index is 12.1. The first kappa shape index (κ1) is 13.6. The van der Waals surface area contributed by atoms with Crippen LogP contribution in [-0.4, -0.2) is 18.4 Å². The molecule has 0 spiro atoms. The third-order valence-corrected chi connectivity index (χ3v) is 4.03. The highest BCUT2D eigenvalue weighted by Gasteiger charge is 2.15. The summed E-state index contributed by atoms with van der Waals surface area (Å²) in [7, 11) is 0. The molecule has 1 unspecified atom stereocenters. The molecule has 1 aromatic carbocycles. The number of Topliss-reactive ketones (excluding diaryl/α,β-unsaturated/α-hetero) is 1. The molecule has 0 radical (unpaired) electrons. The molecule has 0 aromatic heterocycles. The fraction of sp³-hybridized carbons (Fsp3) is 0.533. The van der Waals surface area contributed by atoms with Gasteiger partial charge in [0.2, 0.25) is 0 Å². The largest absolute Gasteiger partial charge is 0.314 e. The fourth-order valence-electron chi connectivity index (χ4n) is 2.39. The summed E-state index contributed by atoms with van der Waals surface area (Å²) in [5.41, 5.74) is 1.75. The van der Waals surface area contributed by atoms with Gasteiger partial charge in [0.15, 0.2) is 5.78 Å². The normalized spacial score (nSPS) is 19.8. The second-order valence-corrected chi connectivity index (χ2v) is 5.48. The van der Waals surface area contributed by atoms with Crippen LogP contribution in [0.2, 0.25) is 5.02 Å². The van der Waals surface area contributed by atoms with Crippen molar-refractivity contribution in [3.8, 4) is 0 Å². The van der Waals surface area contributed by atoms with Crippen molar-refractivity contribution in [2.24, 2.45) is 0 Å². The number of piperidine rings is 1. The molecule has 1 heterocycles. The molecule has 2 rings (SSSR count). The summed E-state index contributed by atoms with van der Waals surface area (Å²) < 4.78 is 0. The van der Waals surface area contributed by atoms with Gasteiger partial charge in [-0.15, -0.1) is 0 Å². The van der Waals surface area contributed by atoms with Crippen molar-refractivity contribution in [1.82, 2.24) is 5.32 Å². The molecule has 1 aliphatic heterocycles. The van der Waals surface area contributed by atoms with Crippen LogP contribution in [0.1, 0.15) is 48.0 Å². The van der Waals surface area contributed by atoms with E-state index in [1.54, 1.807) is 6.07 Å². The Morgan fingerprint density at radius 1 is 1.44 bits per heavy atom. The van der Waals surface area contributed by atoms with Crippen LogP contribution in [0, 0.1) is 6.92 Å². The Morgan fingerprint density at radius 3 is 2.94 bits per heavy atom. The lowest BCUT2D eigenvalue weighted by Gasteiger charge is -2.23. The van der Waals surface area contributed by atoms with Gasteiger partial charge in [-0.25, -0.2) is 0 Å². The van der Waals surface area contributed by atoms with Gasteiger partial charge in [0.1, 0.15) is 0 Å². The molecule has 18 heavy (non-hydrogen) atoms. The highest BCUT2D eigenvalue weighted by Crippen LogP contribution is 2.19. The fourth-order valence-corrected chi connectivity index (χ4v) is 2.57. The van der Waals surface area contributed by atoms with Gasteiger partial charge in [0.05, 0.1) is 0 Å². The monoisotopic (exact) mass is 265 g/mol. The van der Waals surface area contributed by atoms with Crippen molar-refractivity contribution in [2.45, 2.75) is 45.1 Å². The van der Waals surface area contributed by atoms with Crippen molar-refractivity contribution in [3.63, 3.8) is 0 Å². The number of carbonyl (C=O) groups is 1. The molecule has 3 heteroatoms. The second kappa shape index (κ2) is 6.35. The van der Waals surface area contributed by atoms with Gasteiger partial charge in [-0.1, -0.05) is 30.2 Å². The van der Waals surface area contributed by atoms with Gasteiger partial charge >= 0.3 is 0 Å². The number of nitrogens with one attached hydrogen (secondary N) is 1. The van der Waals surface area contributed by atoms with Gasteiger partial charge in [0, 0.05) is 23.0 Å². The van der Waals surface area contributed by atoms with Gasteiger partial charge in [0.25, 0.3) is 0 Å². The number of aryl methyl sites for hydroxylation is 1. The quantitative estimate of drug-likeness (QED) is 0.840. The number of benzene rings is 1. The van der Waals surface area contributed by atoms with Crippen LogP contribution in [0.3, 0.4) is 0 Å². The average Bonchev–Trinajstić information content (AvgIpc) is 2.40. The van der Waals surface area contributed by atoms with E-state index in [0.29, 0.717) is 17.5 Å². The minimum atomic E-state index is 0.198. The zero-order valence-corrected chi connectivity index (χ0v) is 11.6. The van der Waals surface area contributed by atoms with Crippen molar-refractivity contribution in [2.75, 3.05) is 6.54 Å². The molecule has 1 aliphatic rings. The van der Waals surface area contributed by atoms with Crippen LogP contribution >= 0.6 is 11.6 Å². The second-order valence-electron chi connectivity index (χ2n) is 5.07. The lowest BCUT2D eigenvalue weighted by Crippen LogP contribution is -2.34. The van der Waals surface area contributed by atoms with Gasteiger partial charge in [-0.2, -0.15) is 0 Å². The summed E-state index contributed by atoms with van der Waals surface area (Å²) in [6.45, 7) is 3.04. The number of hydrogen-bond donors (Lipinski definition) is 1. The molecule has 0 aliphatic carbocycles. The highest BCUT2D eigenvalue weighted by atomic mass is 35.5. The first-order valence-electron chi connectivity index (χ1n) is 6.69. The third-order valence-electron chi connectivity index (χ3n) is 3.63. The van der Waals surface area contributed by atoms with E-state index < -0.39 is 0 Å². The summed E-state index contributed by atoms with van der Waals surface area (Å²) >= 11 is 6.04. The summed E-state index contributed by atoms with van der Waals surface area (Å²) in [6, 6.07) is 6.09. The van der Waals surface area contributed by atoms with Crippen molar-refractivity contribution in [1.29, 1.82) is 0 Å². The Labute approximate surface area is 114 Å². The predicted molar refractivity (Wildman–Crippen MR) is 75.4 cm³/mol. The maximum absolute atomic E-state index is 12.1. The zero-order valence-electron chi connectivity index (χ0n) is 10.8. The van der Waals surface area contributed by atoms with Crippen molar-refractivity contribution < 1.29 is 4.79 Å². The van der Waals surface area contributed by atoms with Crippen molar-refractivity contribution in [3.05, 3.63) is 34.3 Å². The smallest absolute Gasteiger partial charge is 0.162 e. The Kier molecular flexibility index (Phi) is 4.79. The highest BCUT2D eigenvalue weighted by molar-refractivity contribution is 6.31. The first-order valence-corrected chi connectivity index (χ1v) is 7.07. The van der Waals surface area contributed by atoms with E-state index in [9.17, 15) is 4.79 Å². The van der Waals surface area contributed by atoms with E-state index in [1.165, 1.54) is 19.3 Å². The van der Waals surface area contributed by atoms with E-state index in [1.807, 2.05) is 19.1 Å². The van der Waals surface area contributed by atoms with Crippen LogP contribution < -0.4 is 5.32 Å². The number of rotatable bonds is 4. The molecular weight excluding hydrogens is 246 g/mol. The Morgan fingerprint density at radius 2 is 2.28 bits per heavy atom. The van der Waals surface area contributed by atoms with E-state index in [2.05, 4.69) is 5.32 Å². The molecule has 1 aromatic rings. The lowest BCUT2D eigenvalue weighted by molar-refractivity contribution is 0.0974. The molecule has 1 atom stereocenters. The van der Waals surface area contributed by atoms with Crippen LogP contribution in [0.25, 0.3) is 0 Å². The first-order chi connectivity index (χ1) is 8.66. The van der Waals surface area contributed by atoms with Crippen LogP contribution in [0.4, 0.5) is 0 Å². The minimum absolute atomic E-state index is 0.198. The molecule has 1 N–H and O–H groups in total. The topological polar surface area (TPSA) is 29.1 Å². The van der Waals surface area contributed by atoms with Gasteiger partial charge < -0.3 is 5.32 Å². The molecular formula is C15H20ClNO. The number of ketones is 1. The summed E-state index contributed by atoms with van der Waals surface area (Å²) in [4.78, 5) is 12.1. The maximum Gasteiger partial charge on any atom is 0.162 e. The number of carbonyl (C=O) groups excluding carboxylic acids is 1. The minimum Gasteiger partial charge on any atom is -0.314 e. The Balaban J connectivity index is 1.88. The van der Waals surface area contributed by atoms with E-state index in [-0.39, 0.29) is 5.78 Å². The van der Waals surface area contributed by atoms with Crippen LogP contribution in [0.15, 0.2) is 18.2 Å². The molecule has 0 amide bonds. The number of halogens is 1. The van der Waals surface area contributed by atoms with Crippen LogP contribution in [-0.2, 0) is 0 Å². The summed E-state index contributed by atoms with van der Waals surface area (Å²) in [5.74, 6) is 0.198. The Hall–Kier alpha value is -0.860. The Bertz CT molecular complexity index is 425. The SMILES string of the molecule is Cc1ccc(C(=O)CCC2CCCCN2)cc1Cl. The molecule has 98 valence electrons. The number of hydrogen-bond acceptors (Lipinski definition) is 2. The summed E-state index contributed by atoms with van der Waals surface area (Å²) in [5, 5.41) is 4.15. The molecule has 1 saturated heterocycles. The third kappa shape index (κ3) is 3.56. The average molecular weight is 266 g/mol. The molecule has 1 fully saturated rings. The summed E-state index contributed by atoms with van der Waals surface area (Å²) in [6.07, 6.45) is 5.28. The van der Waals surface area contributed by atoms with E-state index in [0.717, 1.165) is 24.1 Å².